The van der Waals surface area contributed by atoms with Gasteiger partial charge in [-0.05, 0) is 47.2 Å². The van der Waals surface area contributed by atoms with Gasteiger partial charge in [0, 0.05) is 12.1 Å². The molecule has 1 aromatic heterocycles. The van der Waals surface area contributed by atoms with Crippen molar-refractivity contribution in [3.8, 4) is 23.0 Å². The third kappa shape index (κ3) is 4.48. The van der Waals surface area contributed by atoms with Crippen molar-refractivity contribution in [1.82, 2.24) is 9.97 Å². The number of nitrogens with one attached hydrogen (secondary N) is 2. The van der Waals surface area contributed by atoms with Gasteiger partial charge >= 0.3 is 0 Å². The summed E-state index contributed by atoms with van der Waals surface area (Å²) in [5.74, 6) is 3.66. The van der Waals surface area contributed by atoms with E-state index in [4.69, 9.17) is 28.9 Å². The van der Waals surface area contributed by atoms with Crippen LogP contribution in [0.3, 0.4) is 0 Å². The highest BCUT2D eigenvalue weighted by atomic mass is 16.5. The zero-order chi connectivity index (χ0) is 25.1. The highest BCUT2D eigenvalue weighted by Crippen LogP contribution is 2.37. The van der Waals surface area contributed by atoms with Gasteiger partial charge < -0.3 is 29.6 Å². The summed E-state index contributed by atoms with van der Waals surface area (Å²) in [5, 5.41) is 8.93. The Labute approximate surface area is 208 Å². The Bertz CT molecular complexity index is 1440. The van der Waals surface area contributed by atoms with Crippen LogP contribution in [0.1, 0.15) is 0 Å². The van der Waals surface area contributed by atoms with Crippen molar-refractivity contribution in [1.29, 1.82) is 0 Å². The van der Waals surface area contributed by atoms with E-state index in [9.17, 15) is 0 Å². The number of hydrogen-bond acceptors (Lipinski definition) is 8. The lowest BCUT2D eigenvalue weighted by Gasteiger charge is -2.17. The fourth-order valence-electron chi connectivity index (χ4n) is 4.00. The summed E-state index contributed by atoms with van der Waals surface area (Å²) < 4.78 is 22.0. The summed E-state index contributed by atoms with van der Waals surface area (Å²) in [6.07, 6.45) is 0. The lowest BCUT2D eigenvalue weighted by atomic mass is 10.1. The van der Waals surface area contributed by atoms with Crippen molar-refractivity contribution in [2.24, 2.45) is 0 Å². The van der Waals surface area contributed by atoms with E-state index in [2.05, 4.69) is 22.8 Å². The van der Waals surface area contributed by atoms with Gasteiger partial charge in [0.2, 0.25) is 0 Å². The number of anilines is 4. The Balaban J connectivity index is 1.68. The van der Waals surface area contributed by atoms with Gasteiger partial charge in [-0.3, -0.25) is 0 Å². The molecule has 0 fully saturated rings. The average molecular weight is 483 g/mol. The van der Waals surface area contributed by atoms with Crippen LogP contribution in [0.5, 0.6) is 23.0 Å². The minimum absolute atomic E-state index is 0.509. The van der Waals surface area contributed by atoms with Crippen LogP contribution < -0.4 is 29.6 Å². The molecular weight excluding hydrogens is 456 g/mol. The molecule has 0 atom stereocenters. The monoisotopic (exact) mass is 482 g/mol. The zero-order valence-corrected chi connectivity index (χ0v) is 20.5. The average Bonchev–Trinajstić information content (AvgIpc) is 2.92. The molecule has 5 aromatic rings. The standard InChI is InChI=1S/C28H26N4O4/c1-33-19-9-11-25(35-3)23(15-19)31-27-28(32-24-16-20(34-2)10-12-26(24)36-4)30-22-14-18-8-6-5-7-17(18)13-21(22)29-27/h5-16H,1-4H3,(H,29,31)(H,30,32). The number of nitrogens with zero attached hydrogens (tertiary/aromatic N) is 2. The predicted octanol–water partition coefficient (Wildman–Crippen LogP) is 6.30. The Morgan fingerprint density at radius 2 is 0.972 bits per heavy atom. The van der Waals surface area contributed by atoms with E-state index in [0.717, 1.165) is 21.8 Å². The Kier molecular flexibility index (Phi) is 6.32. The molecule has 1 heterocycles. The van der Waals surface area contributed by atoms with Gasteiger partial charge in [0.1, 0.15) is 23.0 Å². The van der Waals surface area contributed by atoms with Crippen molar-refractivity contribution >= 4 is 44.8 Å². The first kappa shape index (κ1) is 23.0. The van der Waals surface area contributed by atoms with E-state index in [1.54, 1.807) is 28.4 Å². The van der Waals surface area contributed by atoms with E-state index in [0.29, 0.717) is 46.0 Å². The number of methoxy groups -OCH3 is 4. The molecule has 5 rings (SSSR count). The van der Waals surface area contributed by atoms with Crippen LogP contribution in [-0.4, -0.2) is 38.4 Å². The SMILES string of the molecule is COc1ccc(OC)c(Nc2nc3cc4ccccc4cc3nc2Nc2cc(OC)ccc2OC)c1. The molecule has 0 aliphatic heterocycles. The number of rotatable bonds is 8. The molecule has 8 nitrogen and oxygen atoms in total. The van der Waals surface area contributed by atoms with E-state index in [1.807, 2.05) is 60.7 Å². The van der Waals surface area contributed by atoms with E-state index in [1.165, 1.54) is 0 Å². The van der Waals surface area contributed by atoms with Gasteiger partial charge in [-0.25, -0.2) is 9.97 Å². The Hall–Kier alpha value is -4.72. The topological polar surface area (TPSA) is 86.8 Å². The molecule has 0 saturated carbocycles. The van der Waals surface area contributed by atoms with Crippen molar-refractivity contribution < 1.29 is 18.9 Å². The van der Waals surface area contributed by atoms with Gasteiger partial charge in [-0.15, -0.1) is 0 Å². The highest BCUT2D eigenvalue weighted by molar-refractivity contribution is 5.96. The summed E-state index contributed by atoms with van der Waals surface area (Å²) in [4.78, 5) is 9.88. The second-order valence-corrected chi connectivity index (χ2v) is 7.99. The van der Waals surface area contributed by atoms with Crippen molar-refractivity contribution in [2.75, 3.05) is 39.1 Å². The van der Waals surface area contributed by atoms with E-state index >= 15 is 0 Å². The van der Waals surface area contributed by atoms with Crippen LogP contribution in [0, 0.1) is 0 Å². The molecule has 0 spiro atoms. The van der Waals surface area contributed by atoms with Crippen molar-refractivity contribution in [3.05, 3.63) is 72.8 Å². The summed E-state index contributed by atoms with van der Waals surface area (Å²) >= 11 is 0. The highest BCUT2D eigenvalue weighted by Gasteiger charge is 2.16. The molecule has 0 saturated heterocycles. The van der Waals surface area contributed by atoms with Crippen LogP contribution in [-0.2, 0) is 0 Å². The van der Waals surface area contributed by atoms with Gasteiger partial charge in [-0.2, -0.15) is 0 Å². The molecule has 0 unspecified atom stereocenters. The summed E-state index contributed by atoms with van der Waals surface area (Å²) in [5.41, 5.74) is 2.88. The quantitative estimate of drug-likeness (QED) is 0.249. The van der Waals surface area contributed by atoms with Gasteiger partial charge in [-0.1, -0.05) is 24.3 Å². The van der Waals surface area contributed by atoms with Crippen LogP contribution >= 0.6 is 0 Å². The molecule has 0 radical (unpaired) electrons. The van der Waals surface area contributed by atoms with Crippen LogP contribution in [0.25, 0.3) is 21.8 Å². The van der Waals surface area contributed by atoms with Crippen LogP contribution in [0.15, 0.2) is 72.8 Å². The first-order chi connectivity index (χ1) is 17.6. The summed E-state index contributed by atoms with van der Waals surface area (Å²) in [6.45, 7) is 0. The maximum Gasteiger partial charge on any atom is 0.174 e. The molecule has 0 bridgehead atoms. The Morgan fingerprint density at radius 1 is 0.528 bits per heavy atom. The van der Waals surface area contributed by atoms with Gasteiger partial charge in [0.05, 0.1) is 50.8 Å². The third-order valence-corrected chi connectivity index (χ3v) is 5.85. The number of ether oxygens (including phenoxy) is 4. The fraction of sp³-hybridized carbons (Fsp3) is 0.143. The first-order valence-electron chi connectivity index (χ1n) is 11.3. The second-order valence-electron chi connectivity index (χ2n) is 7.99. The second kappa shape index (κ2) is 9.87. The smallest absolute Gasteiger partial charge is 0.174 e. The molecule has 8 heteroatoms. The van der Waals surface area contributed by atoms with Crippen molar-refractivity contribution in [2.45, 2.75) is 0 Å². The van der Waals surface area contributed by atoms with Crippen LogP contribution in [0.2, 0.25) is 0 Å². The first-order valence-corrected chi connectivity index (χ1v) is 11.3. The van der Waals surface area contributed by atoms with Crippen molar-refractivity contribution in [3.63, 3.8) is 0 Å². The van der Waals surface area contributed by atoms with E-state index < -0.39 is 0 Å². The molecule has 2 N–H and O–H groups in total. The molecule has 182 valence electrons. The molecule has 4 aromatic carbocycles. The normalized spacial score (nSPS) is 10.8. The number of benzene rings is 4. The lowest BCUT2D eigenvalue weighted by molar-refractivity contribution is 0.404. The van der Waals surface area contributed by atoms with Gasteiger partial charge in [0.25, 0.3) is 0 Å². The van der Waals surface area contributed by atoms with Gasteiger partial charge in [0.15, 0.2) is 11.6 Å². The summed E-state index contributed by atoms with van der Waals surface area (Å²) in [6, 6.07) is 23.2. The minimum Gasteiger partial charge on any atom is -0.497 e. The minimum atomic E-state index is 0.509. The molecule has 0 aliphatic rings. The molecule has 0 amide bonds. The number of aromatic nitrogens is 2. The zero-order valence-electron chi connectivity index (χ0n) is 20.5. The van der Waals surface area contributed by atoms with Crippen LogP contribution in [0.4, 0.5) is 23.0 Å². The molecule has 36 heavy (non-hydrogen) atoms. The maximum absolute atomic E-state index is 5.56. The fourth-order valence-corrected chi connectivity index (χ4v) is 4.00. The summed E-state index contributed by atoms with van der Waals surface area (Å²) in [7, 11) is 6.47. The largest absolute Gasteiger partial charge is 0.497 e. The lowest BCUT2D eigenvalue weighted by Crippen LogP contribution is -2.05. The third-order valence-electron chi connectivity index (χ3n) is 5.85. The number of hydrogen-bond donors (Lipinski definition) is 2. The predicted molar refractivity (Wildman–Crippen MR) is 143 cm³/mol. The maximum atomic E-state index is 5.56. The van der Waals surface area contributed by atoms with E-state index in [-0.39, 0.29) is 0 Å². The molecular formula is C28H26N4O4. The number of fused-ring (bicyclic) bond motifs is 2. The Morgan fingerprint density at radius 3 is 1.36 bits per heavy atom. The molecule has 0 aliphatic carbocycles.